The van der Waals surface area contributed by atoms with Crippen LogP contribution in [0.3, 0.4) is 0 Å². The van der Waals surface area contributed by atoms with E-state index >= 15 is 0 Å². The van der Waals surface area contributed by atoms with Crippen molar-refractivity contribution in [1.29, 1.82) is 0 Å². The van der Waals surface area contributed by atoms with Gasteiger partial charge >= 0.3 is 12.1 Å². The van der Waals surface area contributed by atoms with Gasteiger partial charge in [0.1, 0.15) is 11.7 Å². The number of benzene rings is 1. The first-order valence-electron chi connectivity index (χ1n) is 8.19. The summed E-state index contributed by atoms with van der Waals surface area (Å²) in [6.07, 6.45) is -4.64. The highest BCUT2D eigenvalue weighted by Crippen LogP contribution is 2.34. The second kappa shape index (κ2) is 7.15. The van der Waals surface area contributed by atoms with Crippen molar-refractivity contribution >= 4 is 21.7 Å². The zero-order valence-corrected chi connectivity index (χ0v) is 15.4. The van der Waals surface area contributed by atoms with Crippen LogP contribution in [0.2, 0.25) is 0 Å². The second-order valence-corrected chi connectivity index (χ2v) is 8.22. The van der Waals surface area contributed by atoms with Crippen LogP contribution < -0.4 is 4.90 Å². The molecule has 1 fully saturated rings. The molecule has 2 heterocycles. The molecular formula is C16H16F3N3O6S. The zero-order valence-electron chi connectivity index (χ0n) is 14.6. The first-order chi connectivity index (χ1) is 13.4. The molecule has 1 aromatic heterocycles. The van der Waals surface area contributed by atoms with Gasteiger partial charge in [-0.3, -0.25) is 9.78 Å². The lowest BCUT2D eigenvalue weighted by atomic mass is 10.2. The smallest absolute Gasteiger partial charge is 0.416 e. The number of sulfonamides is 1. The summed E-state index contributed by atoms with van der Waals surface area (Å²) >= 11 is 0. The normalized spacial score (nSPS) is 18.7. The number of carboxylic acids is 1. The molecule has 0 saturated carbocycles. The number of carbonyl (C=O) groups is 1. The maximum absolute atomic E-state index is 12.8. The van der Waals surface area contributed by atoms with Gasteiger partial charge in [-0.1, -0.05) is 0 Å². The van der Waals surface area contributed by atoms with Crippen LogP contribution in [0.4, 0.5) is 18.9 Å². The van der Waals surface area contributed by atoms with E-state index in [-0.39, 0.29) is 31.2 Å². The van der Waals surface area contributed by atoms with Gasteiger partial charge in [-0.15, -0.1) is 0 Å². The van der Waals surface area contributed by atoms with Crippen molar-refractivity contribution in [3.8, 4) is 11.8 Å². The maximum Gasteiger partial charge on any atom is 0.416 e. The summed E-state index contributed by atoms with van der Waals surface area (Å²) < 4.78 is 64.5. The molecule has 1 atom stereocenters. The van der Waals surface area contributed by atoms with Crippen LogP contribution in [0.5, 0.6) is 11.8 Å². The Morgan fingerprint density at radius 1 is 1.14 bits per heavy atom. The average Bonchev–Trinajstić information content (AvgIpc) is 2.98. The lowest BCUT2D eigenvalue weighted by Crippen LogP contribution is -2.58. The van der Waals surface area contributed by atoms with E-state index < -0.39 is 44.5 Å². The van der Waals surface area contributed by atoms with Crippen molar-refractivity contribution in [3.63, 3.8) is 0 Å². The lowest BCUT2D eigenvalue weighted by molar-refractivity contribution is -0.141. The van der Waals surface area contributed by atoms with Gasteiger partial charge in [0.15, 0.2) is 5.88 Å². The molecule has 0 amide bonds. The molecule has 1 aromatic carbocycles. The van der Waals surface area contributed by atoms with Crippen LogP contribution in [0.15, 0.2) is 35.2 Å². The monoisotopic (exact) mass is 435 g/mol. The second-order valence-electron chi connectivity index (χ2n) is 6.33. The number of anilines is 1. The van der Waals surface area contributed by atoms with Crippen LogP contribution in [0.25, 0.3) is 0 Å². The molecule has 9 nitrogen and oxygen atoms in total. The number of alkyl halides is 3. The van der Waals surface area contributed by atoms with Gasteiger partial charge in [-0.25, -0.2) is 8.42 Å². The topological polar surface area (TPSA) is 134 Å². The van der Waals surface area contributed by atoms with Crippen molar-refractivity contribution in [2.24, 2.45) is 0 Å². The highest BCUT2D eigenvalue weighted by molar-refractivity contribution is 7.89. The van der Waals surface area contributed by atoms with Gasteiger partial charge in [0, 0.05) is 25.7 Å². The molecule has 4 N–H and O–H groups in total. The van der Waals surface area contributed by atoms with Crippen molar-refractivity contribution in [1.82, 2.24) is 9.29 Å². The number of hydrogen-bond donors (Lipinski definition) is 4. The van der Waals surface area contributed by atoms with E-state index in [1.807, 2.05) is 0 Å². The van der Waals surface area contributed by atoms with Crippen LogP contribution in [-0.4, -0.2) is 64.7 Å². The summed E-state index contributed by atoms with van der Waals surface area (Å²) in [6.45, 7) is -0.666. The summed E-state index contributed by atoms with van der Waals surface area (Å²) in [5.74, 6) is -2.24. The summed E-state index contributed by atoms with van der Waals surface area (Å²) in [5.41, 5.74) is -0.931. The van der Waals surface area contributed by atoms with E-state index in [1.165, 1.54) is 4.90 Å². The van der Waals surface area contributed by atoms with E-state index in [0.717, 1.165) is 18.2 Å². The number of nitrogens with zero attached hydrogens (tertiary/aromatic N) is 2. The van der Waals surface area contributed by atoms with E-state index in [0.29, 0.717) is 16.4 Å². The number of H-pyrrole nitrogens is 1. The number of rotatable bonds is 4. The van der Waals surface area contributed by atoms with Gasteiger partial charge in [-0.05, 0) is 24.3 Å². The number of aromatic nitrogens is 1. The summed E-state index contributed by atoms with van der Waals surface area (Å²) in [6, 6.07) is 2.37. The van der Waals surface area contributed by atoms with Crippen molar-refractivity contribution < 1.29 is 41.7 Å². The highest BCUT2D eigenvalue weighted by atomic mass is 32.2. The molecule has 1 aliphatic heterocycles. The fourth-order valence-electron chi connectivity index (χ4n) is 3.09. The van der Waals surface area contributed by atoms with Crippen molar-refractivity contribution in [2.75, 3.05) is 24.5 Å². The van der Waals surface area contributed by atoms with Crippen LogP contribution in [-0.2, 0) is 21.0 Å². The largest absolute Gasteiger partial charge is 0.494 e. The van der Waals surface area contributed by atoms with E-state index in [4.69, 9.17) is 0 Å². The summed E-state index contributed by atoms with van der Waals surface area (Å²) in [7, 11) is -4.39. The van der Waals surface area contributed by atoms with Crippen LogP contribution >= 0.6 is 0 Å². The highest BCUT2D eigenvalue weighted by Gasteiger charge is 2.41. The molecule has 29 heavy (non-hydrogen) atoms. The van der Waals surface area contributed by atoms with Crippen molar-refractivity contribution in [2.45, 2.75) is 17.1 Å². The maximum atomic E-state index is 12.8. The van der Waals surface area contributed by atoms with Gasteiger partial charge < -0.3 is 20.2 Å². The third-order valence-corrected chi connectivity index (χ3v) is 6.43. The Bertz CT molecular complexity index is 1020. The number of aromatic amines is 1. The molecular weight excluding hydrogens is 419 g/mol. The number of aliphatic carboxylic acids is 1. The molecule has 1 aliphatic rings. The Morgan fingerprint density at radius 3 is 2.24 bits per heavy atom. The summed E-state index contributed by atoms with van der Waals surface area (Å²) in [4.78, 5) is 14.8. The third kappa shape index (κ3) is 3.96. The predicted molar refractivity (Wildman–Crippen MR) is 93.1 cm³/mol. The minimum absolute atomic E-state index is 0.0193. The molecule has 0 radical (unpaired) electrons. The quantitative estimate of drug-likeness (QED) is 0.570. The molecule has 0 bridgehead atoms. The van der Waals surface area contributed by atoms with Gasteiger partial charge in [0.25, 0.3) is 0 Å². The number of carboxylic acid groups (broad SMARTS) is 1. The fraction of sp³-hybridized carbons (Fsp3) is 0.312. The Morgan fingerprint density at radius 2 is 1.76 bits per heavy atom. The standard InChI is InChI=1S/C16H16F3N3O6S/c17-16(18,19)9-1-3-10(4-2-9)29(27,28)22-6-5-21(8-12(22)15(25)26)11-7-13(23)20-14(11)24/h1-4,7,12,20,23-24H,5-6,8H2,(H,25,26)/t12-/m1/s1. The predicted octanol–water partition coefficient (Wildman–Crippen LogP) is 1.41. The van der Waals surface area contributed by atoms with E-state index in [1.54, 1.807) is 0 Å². The molecule has 0 aliphatic carbocycles. The first-order valence-corrected chi connectivity index (χ1v) is 9.63. The Balaban J connectivity index is 1.89. The fourth-order valence-corrected chi connectivity index (χ4v) is 4.65. The number of hydrogen-bond acceptors (Lipinski definition) is 6. The number of piperazine rings is 1. The van der Waals surface area contributed by atoms with Crippen molar-refractivity contribution in [3.05, 3.63) is 35.9 Å². The molecule has 158 valence electrons. The zero-order chi connectivity index (χ0) is 21.6. The Labute approximate surface area is 162 Å². The third-order valence-electron chi connectivity index (χ3n) is 4.51. The average molecular weight is 435 g/mol. The SMILES string of the molecule is O=C(O)[C@H]1CN(c2cc(O)[nH]c2O)CCN1S(=O)(=O)c1ccc(C(F)(F)F)cc1. The molecule has 13 heteroatoms. The lowest BCUT2D eigenvalue weighted by Gasteiger charge is -2.39. The van der Waals surface area contributed by atoms with E-state index in [9.17, 15) is 41.7 Å². The molecule has 0 spiro atoms. The Hall–Kier alpha value is -2.93. The van der Waals surface area contributed by atoms with Gasteiger partial charge in [0.2, 0.25) is 15.9 Å². The molecule has 0 unspecified atom stereocenters. The van der Waals surface area contributed by atoms with E-state index in [2.05, 4.69) is 4.98 Å². The molecule has 3 rings (SSSR count). The van der Waals surface area contributed by atoms with Crippen LogP contribution in [0.1, 0.15) is 5.56 Å². The van der Waals surface area contributed by atoms with Gasteiger partial charge in [0.05, 0.1) is 10.5 Å². The summed E-state index contributed by atoms with van der Waals surface area (Å²) in [5, 5.41) is 28.7. The number of aromatic hydroxyl groups is 2. The number of halogens is 3. The Kier molecular flexibility index (Phi) is 5.13. The molecule has 2 aromatic rings. The minimum atomic E-state index is -4.64. The first kappa shape index (κ1) is 20.8. The van der Waals surface area contributed by atoms with Gasteiger partial charge in [-0.2, -0.15) is 17.5 Å². The van der Waals surface area contributed by atoms with Crippen LogP contribution in [0, 0.1) is 0 Å². The number of nitrogens with one attached hydrogen (secondary N) is 1. The minimum Gasteiger partial charge on any atom is -0.494 e. The molecule has 1 saturated heterocycles.